The Kier molecular flexibility index (Phi) is 4.65. The van der Waals surface area contributed by atoms with Crippen molar-refractivity contribution < 1.29 is 32.7 Å². The first-order valence-electron chi connectivity index (χ1n) is 6.16. The average molecular weight is 362 g/mol. The van der Waals surface area contributed by atoms with Gasteiger partial charge in [0.25, 0.3) is 5.69 Å². The Bertz CT molecular complexity index is 823. The van der Waals surface area contributed by atoms with Crippen LogP contribution in [0.4, 0.5) is 18.9 Å². The molecule has 0 aromatic heterocycles. The van der Waals surface area contributed by atoms with E-state index in [-0.39, 0.29) is 16.5 Å². The van der Waals surface area contributed by atoms with Crippen LogP contribution in [-0.2, 0) is 6.18 Å². The molecule has 0 amide bonds. The second-order valence-electron chi connectivity index (χ2n) is 4.49. The van der Waals surface area contributed by atoms with E-state index in [0.717, 1.165) is 30.3 Å². The lowest BCUT2D eigenvalue weighted by molar-refractivity contribution is -0.385. The molecule has 10 heteroatoms. The molecule has 0 saturated heterocycles. The molecule has 0 aliphatic carbocycles. The largest absolute Gasteiger partial charge is 0.477 e. The van der Waals surface area contributed by atoms with E-state index in [4.69, 9.17) is 21.4 Å². The Morgan fingerprint density at radius 1 is 1.21 bits per heavy atom. The summed E-state index contributed by atoms with van der Waals surface area (Å²) in [5.74, 6) is -1.81. The van der Waals surface area contributed by atoms with Crippen molar-refractivity contribution in [2.24, 2.45) is 0 Å². The number of nitrogens with zero attached hydrogens (tertiary/aromatic N) is 1. The molecule has 6 nitrogen and oxygen atoms in total. The minimum Gasteiger partial charge on any atom is -0.477 e. The third-order valence-corrected chi connectivity index (χ3v) is 3.18. The number of hydrogen-bond donors (Lipinski definition) is 1. The highest BCUT2D eigenvalue weighted by molar-refractivity contribution is 6.32. The van der Waals surface area contributed by atoms with Gasteiger partial charge in [0.1, 0.15) is 17.1 Å². The van der Waals surface area contributed by atoms with E-state index in [0.29, 0.717) is 6.07 Å². The van der Waals surface area contributed by atoms with E-state index < -0.39 is 33.9 Å². The summed E-state index contributed by atoms with van der Waals surface area (Å²) in [6.07, 6.45) is -4.58. The van der Waals surface area contributed by atoms with Crippen LogP contribution in [0.3, 0.4) is 0 Å². The SMILES string of the molecule is O=C(O)c1ccc(Oc2ccc(C(F)(F)F)cc2Cl)cc1[N+](=O)[O-]. The zero-order valence-electron chi connectivity index (χ0n) is 11.5. The minimum absolute atomic E-state index is 0.145. The summed E-state index contributed by atoms with van der Waals surface area (Å²) in [4.78, 5) is 20.9. The van der Waals surface area contributed by atoms with Crippen molar-refractivity contribution >= 4 is 23.3 Å². The maximum absolute atomic E-state index is 12.6. The summed E-state index contributed by atoms with van der Waals surface area (Å²) in [7, 11) is 0. The second-order valence-corrected chi connectivity index (χ2v) is 4.89. The Morgan fingerprint density at radius 3 is 2.38 bits per heavy atom. The Labute approximate surface area is 137 Å². The van der Waals surface area contributed by atoms with Crippen LogP contribution in [0.5, 0.6) is 11.5 Å². The molecule has 0 spiro atoms. The molecule has 2 rings (SSSR count). The van der Waals surface area contributed by atoms with Crippen LogP contribution >= 0.6 is 11.6 Å². The van der Waals surface area contributed by atoms with Gasteiger partial charge in [0, 0.05) is 0 Å². The summed E-state index contributed by atoms with van der Waals surface area (Å²) >= 11 is 5.72. The third kappa shape index (κ3) is 3.74. The molecule has 24 heavy (non-hydrogen) atoms. The number of carboxylic acid groups (broad SMARTS) is 1. The van der Waals surface area contributed by atoms with Gasteiger partial charge in [-0.05, 0) is 30.3 Å². The van der Waals surface area contributed by atoms with Gasteiger partial charge in [-0.3, -0.25) is 10.1 Å². The van der Waals surface area contributed by atoms with Crippen LogP contribution in [0, 0.1) is 10.1 Å². The third-order valence-electron chi connectivity index (χ3n) is 2.88. The highest BCUT2D eigenvalue weighted by Gasteiger charge is 2.31. The molecule has 0 unspecified atom stereocenters. The maximum atomic E-state index is 12.6. The molecule has 0 heterocycles. The zero-order chi connectivity index (χ0) is 18.1. The number of carboxylic acids is 1. The molecule has 0 aliphatic rings. The number of carbonyl (C=O) groups is 1. The van der Waals surface area contributed by atoms with Gasteiger partial charge >= 0.3 is 12.1 Å². The van der Waals surface area contributed by atoms with Crippen LogP contribution in [0.1, 0.15) is 15.9 Å². The fraction of sp³-hybridized carbons (Fsp3) is 0.0714. The van der Waals surface area contributed by atoms with Crippen molar-refractivity contribution in [3.05, 3.63) is 62.7 Å². The quantitative estimate of drug-likeness (QED) is 0.626. The van der Waals surface area contributed by atoms with Gasteiger partial charge in [-0.15, -0.1) is 0 Å². The molecule has 0 aliphatic heterocycles. The molecule has 1 N–H and O–H groups in total. The summed E-state index contributed by atoms with van der Waals surface area (Å²) in [6.45, 7) is 0. The molecule has 126 valence electrons. The van der Waals surface area contributed by atoms with Crippen LogP contribution in [0.15, 0.2) is 36.4 Å². The van der Waals surface area contributed by atoms with Gasteiger partial charge in [-0.2, -0.15) is 13.2 Å². The van der Waals surface area contributed by atoms with Gasteiger partial charge < -0.3 is 9.84 Å². The van der Waals surface area contributed by atoms with Crippen LogP contribution in [0.25, 0.3) is 0 Å². The van der Waals surface area contributed by atoms with E-state index in [2.05, 4.69) is 0 Å². The van der Waals surface area contributed by atoms with Crippen molar-refractivity contribution in [3.63, 3.8) is 0 Å². The van der Waals surface area contributed by atoms with Gasteiger partial charge in [-0.1, -0.05) is 11.6 Å². The number of benzene rings is 2. The summed E-state index contributed by atoms with van der Waals surface area (Å²) < 4.78 is 42.9. The van der Waals surface area contributed by atoms with Gasteiger partial charge in [-0.25, -0.2) is 4.79 Å². The van der Waals surface area contributed by atoms with Crippen LogP contribution < -0.4 is 4.74 Å². The maximum Gasteiger partial charge on any atom is 0.416 e. The highest BCUT2D eigenvalue weighted by atomic mass is 35.5. The molecule has 2 aromatic carbocycles. The van der Waals surface area contributed by atoms with Gasteiger partial charge in [0.05, 0.1) is 21.6 Å². The molecule has 0 atom stereocenters. The number of rotatable bonds is 4. The van der Waals surface area contributed by atoms with E-state index in [1.807, 2.05) is 0 Å². The molecule has 0 fully saturated rings. The Hall–Kier alpha value is -2.81. The Balaban J connectivity index is 2.37. The molecular formula is C14H7ClF3NO5. The van der Waals surface area contributed by atoms with E-state index in [1.165, 1.54) is 0 Å². The number of ether oxygens (including phenoxy) is 1. The fourth-order valence-electron chi connectivity index (χ4n) is 1.79. The average Bonchev–Trinajstić information content (AvgIpc) is 2.47. The molecule has 2 aromatic rings. The smallest absolute Gasteiger partial charge is 0.416 e. The lowest BCUT2D eigenvalue weighted by Gasteiger charge is -2.11. The topological polar surface area (TPSA) is 89.7 Å². The van der Waals surface area contributed by atoms with E-state index in [1.54, 1.807) is 0 Å². The summed E-state index contributed by atoms with van der Waals surface area (Å²) in [6, 6.07) is 5.27. The summed E-state index contributed by atoms with van der Waals surface area (Å²) in [5.41, 5.74) is -2.25. The van der Waals surface area contributed by atoms with Crippen LogP contribution in [0.2, 0.25) is 5.02 Å². The van der Waals surface area contributed by atoms with Crippen molar-refractivity contribution in [1.29, 1.82) is 0 Å². The monoisotopic (exact) mass is 361 g/mol. The minimum atomic E-state index is -4.58. The van der Waals surface area contributed by atoms with Gasteiger partial charge in [0.2, 0.25) is 0 Å². The predicted octanol–water partition coefficient (Wildman–Crippen LogP) is 4.76. The number of alkyl halides is 3. The number of aromatic carboxylic acids is 1. The molecule has 0 bridgehead atoms. The van der Waals surface area contributed by atoms with E-state index >= 15 is 0 Å². The Morgan fingerprint density at radius 2 is 1.88 bits per heavy atom. The zero-order valence-corrected chi connectivity index (χ0v) is 12.3. The van der Waals surface area contributed by atoms with E-state index in [9.17, 15) is 28.1 Å². The number of hydrogen-bond acceptors (Lipinski definition) is 4. The van der Waals surface area contributed by atoms with Crippen molar-refractivity contribution in [2.45, 2.75) is 6.18 Å². The fourth-order valence-corrected chi connectivity index (χ4v) is 2.01. The first kappa shape index (κ1) is 17.5. The van der Waals surface area contributed by atoms with Crippen molar-refractivity contribution in [1.82, 2.24) is 0 Å². The second kappa shape index (κ2) is 6.36. The lowest BCUT2D eigenvalue weighted by atomic mass is 10.1. The first-order chi connectivity index (χ1) is 11.1. The van der Waals surface area contributed by atoms with Crippen molar-refractivity contribution in [2.75, 3.05) is 0 Å². The van der Waals surface area contributed by atoms with Gasteiger partial charge in [0.15, 0.2) is 0 Å². The molecule has 0 saturated carbocycles. The lowest BCUT2D eigenvalue weighted by Crippen LogP contribution is -2.05. The number of halogens is 4. The highest BCUT2D eigenvalue weighted by Crippen LogP contribution is 2.37. The van der Waals surface area contributed by atoms with Crippen molar-refractivity contribution in [3.8, 4) is 11.5 Å². The number of nitro groups is 1. The normalized spacial score (nSPS) is 11.2. The number of nitro benzene ring substituents is 1. The summed E-state index contributed by atoms with van der Waals surface area (Å²) in [5, 5.41) is 19.4. The molecule has 0 radical (unpaired) electrons. The predicted molar refractivity (Wildman–Crippen MR) is 76.6 cm³/mol. The first-order valence-corrected chi connectivity index (χ1v) is 6.53. The van der Waals surface area contributed by atoms with Crippen LogP contribution in [-0.4, -0.2) is 16.0 Å². The standard InChI is InChI=1S/C14H7ClF3NO5/c15-10-5-7(14(16,17)18)1-4-12(10)24-8-2-3-9(13(20)21)11(6-8)19(22)23/h1-6H,(H,20,21). The molecular weight excluding hydrogens is 355 g/mol.